The number of nitrogens with one attached hydrogen (secondary N) is 12. The summed E-state index contributed by atoms with van der Waals surface area (Å²) in [5, 5.41) is 49.3. The smallest absolute Gasteiger partial charge is 0.246 e. The molecule has 4 aromatic carbocycles. The van der Waals surface area contributed by atoms with Crippen LogP contribution < -0.4 is 76.1 Å². The van der Waals surface area contributed by atoms with E-state index in [0.29, 0.717) is 69.7 Å². The fourth-order valence-corrected chi connectivity index (χ4v) is 18.1. The van der Waals surface area contributed by atoms with Crippen molar-refractivity contribution in [3.63, 3.8) is 0 Å². The van der Waals surface area contributed by atoms with Crippen molar-refractivity contribution in [2.24, 2.45) is 34.8 Å². The molecular weight excluding hydrogens is 1780 g/mol. The Kier molecular flexibility index (Phi) is 40.0. The molecule has 0 aliphatic carbocycles. The molecule has 15 atom stereocenters. The van der Waals surface area contributed by atoms with Crippen molar-refractivity contribution in [2.75, 3.05) is 72.0 Å². The van der Waals surface area contributed by atoms with Crippen LogP contribution in [0.3, 0.4) is 0 Å². The molecule has 9 rings (SSSR count). The van der Waals surface area contributed by atoms with Crippen molar-refractivity contribution >= 4 is 134 Å². The first kappa shape index (κ1) is 107. The third-order valence-corrected chi connectivity index (χ3v) is 25.9. The number of H-pyrrole nitrogens is 2. The third kappa shape index (κ3) is 29.2. The number of aromatic amines is 2. The number of aromatic nitrogens is 2. The summed E-state index contributed by atoms with van der Waals surface area (Å²) in [6.45, 7) is 5.86. The molecule has 3 fully saturated rings. The van der Waals surface area contributed by atoms with Crippen LogP contribution in [-0.4, -0.2) is 302 Å². The Bertz CT molecular complexity index is 5230. The Labute approximate surface area is 792 Å². The van der Waals surface area contributed by atoms with Gasteiger partial charge in [-0.15, -0.1) is 11.8 Å². The number of benzene rings is 4. The van der Waals surface area contributed by atoms with Crippen molar-refractivity contribution in [3.05, 3.63) is 138 Å². The van der Waals surface area contributed by atoms with E-state index < -0.39 is 234 Å². The molecule has 42 heteroatoms. The summed E-state index contributed by atoms with van der Waals surface area (Å²) in [5.74, 6) is -18.2. The van der Waals surface area contributed by atoms with Gasteiger partial charge in [-0.05, 0) is 142 Å². The third-order valence-electron chi connectivity index (χ3n) is 24.8. The summed E-state index contributed by atoms with van der Waals surface area (Å²) in [4.78, 5) is 262. The number of halogens is 1. The Morgan fingerprint density at radius 2 is 1.04 bits per heavy atom. The molecule has 40 nitrogen and oxygen atoms in total. The number of fused-ring (bicyclic) bond motifs is 4. The number of rotatable bonds is 26. The number of thioether (sulfide) groups is 1. The van der Waals surface area contributed by atoms with Crippen LogP contribution in [-0.2, 0) is 107 Å². The molecule has 3 aliphatic heterocycles. The normalized spacial score (nSPS) is 24.7. The number of carbonyl (C=O) groups excluding carboxylic acids is 17. The number of hydrogen-bond donors (Lipinski definition) is 18. The molecule has 0 saturated carbocycles. The summed E-state index contributed by atoms with van der Waals surface area (Å²) in [6.07, 6.45) is 3.53. The molecule has 136 heavy (non-hydrogen) atoms. The summed E-state index contributed by atoms with van der Waals surface area (Å²) < 4.78 is 14.5. The Balaban J connectivity index is 1.10. The van der Waals surface area contributed by atoms with Crippen molar-refractivity contribution in [1.29, 1.82) is 0 Å². The molecule has 3 aliphatic rings. The van der Waals surface area contributed by atoms with E-state index in [1.54, 1.807) is 86.9 Å². The summed E-state index contributed by atoms with van der Waals surface area (Å²) in [6, 6.07) is 3.84. The summed E-state index contributed by atoms with van der Waals surface area (Å²) in [7, 11) is 3.94. The highest BCUT2D eigenvalue weighted by atomic mass is 32.2. The molecule has 2 aromatic heterocycles. The largest absolute Gasteiger partial charge is 0.508 e. The van der Waals surface area contributed by atoms with Crippen LogP contribution in [0.25, 0.3) is 21.8 Å². The van der Waals surface area contributed by atoms with E-state index in [-0.39, 0.29) is 108 Å². The van der Waals surface area contributed by atoms with Gasteiger partial charge < -0.3 is 121 Å². The van der Waals surface area contributed by atoms with Gasteiger partial charge in [0.05, 0.1) is 25.3 Å². The van der Waals surface area contributed by atoms with Crippen LogP contribution in [0.1, 0.15) is 140 Å². The summed E-state index contributed by atoms with van der Waals surface area (Å²) >= 11 is 0.779. The van der Waals surface area contributed by atoms with Gasteiger partial charge in [0.1, 0.15) is 96.2 Å². The molecule has 3 saturated heterocycles. The van der Waals surface area contributed by atoms with Crippen molar-refractivity contribution in [3.8, 4) is 5.75 Å². The van der Waals surface area contributed by atoms with E-state index in [4.69, 9.17) is 22.9 Å². The predicted octanol–water partition coefficient (Wildman–Crippen LogP) is -0.823. The second-order valence-corrected chi connectivity index (χ2v) is 36.5. The van der Waals surface area contributed by atoms with Gasteiger partial charge in [-0.25, -0.2) is 4.39 Å². The first-order chi connectivity index (χ1) is 64.9. The van der Waals surface area contributed by atoms with Crippen molar-refractivity contribution < 1.29 is 96.1 Å². The fourth-order valence-electron chi connectivity index (χ4n) is 17.2. The lowest BCUT2D eigenvalue weighted by atomic mass is 9.96. The molecule has 0 unspecified atom stereocenters. The minimum absolute atomic E-state index is 0.000808. The second-order valence-electron chi connectivity index (χ2n) is 35.4. The fraction of sp³-hybridized carbons (Fsp3) is 0.521. The highest BCUT2D eigenvalue weighted by Crippen LogP contribution is 2.31. The number of aromatic hydroxyl groups is 1. The molecular formula is C94H130FN21O19S. The van der Waals surface area contributed by atoms with Crippen LogP contribution in [0.4, 0.5) is 4.39 Å². The average molecular weight is 1910 g/mol. The van der Waals surface area contributed by atoms with Gasteiger partial charge in [-0.1, -0.05) is 114 Å². The van der Waals surface area contributed by atoms with Gasteiger partial charge in [0.15, 0.2) is 0 Å². The maximum absolute atomic E-state index is 15.8. The maximum atomic E-state index is 15.8. The standard InChI is InChI=1S/C94H130FN21O19S/c1-9-11-24-74-87(128)104-65(23-17-35-96)83(124)111-73(82(123)102-47-79(99)120)50-136-51-80(121)103-68(39-55-29-33-60(118)34-30-55)90(131)112(6)53(5)81(122)106-70(43-78(98)119)92(133)115-36-18-26-75(115)88(129)109-71(44-97)85(126)107-67(37-52(3)4)93(134)116-48-56(38-54-27-31-59(95)32-28-54)40-77(116)89(130)105-66(41-57-45-100-63-21-15-13-19-61(57)63)84(125)110-72(49-117)86(127)108-69(42-58-46-101-64-22-16-14-20-62(58)64)91(132)114(8)76(25-12-10-2)94(135)113(74)7/h13-16,19-22,27-34,45-46,52-53,56,65-77,100-101,117-118H,9-12,17-18,23-26,35-44,47-51,96-97H2,1-8H3,(H2,98,119)(H2,99,120)(H,102,123)(H,103,121)(H,104,128)(H,105,130)(H,106,122)(H,107,126)(H,108,127)(H,109,129)(H,110,125)(H,111,124)/t53-,56+,65-,66-,67-,68-,69-,70-,71-,72-,73-,74-,75-,76-,77-/m0/s1. The lowest BCUT2D eigenvalue weighted by Gasteiger charge is -2.36. The minimum Gasteiger partial charge on any atom is -0.508 e. The number of aliphatic hydroxyl groups is 1. The number of nitrogens with zero attached hydrogens (tertiary/aromatic N) is 5. The number of aliphatic hydroxyl groups excluding tert-OH is 1. The molecule has 17 amide bonds. The van der Waals surface area contributed by atoms with Crippen LogP contribution in [0.15, 0.2) is 109 Å². The zero-order chi connectivity index (χ0) is 99.3. The number of phenols is 1. The molecule has 22 N–H and O–H groups in total. The van der Waals surface area contributed by atoms with Gasteiger partial charge in [0.25, 0.3) is 0 Å². The Morgan fingerprint density at radius 1 is 0.522 bits per heavy atom. The van der Waals surface area contributed by atoms with Crippen LogP contribution >= 0.6 is 11.8 Å². The number of likely N-dealkylation sites (N-methyl/N-ethyl adjacent to an activating group) is 3. The van der Waals surface area contributed by atoms with E-state index in [2.05, 4.69) is 63.1 Å². The number of amides is 17. The SMILES string of the molecule is CCCC[C@H]1C(=O)N(C)[C@@H](CCCC)C(=O)N[C@@H](CCCN)C(=O)N[C@H](C(=O)NCC(N)=O)CSCC(=O)N[C@@H](Cc2ccc(O)cc2)C(=O)N(C)[C@@H](C)C(=O)N[C@@H](CC(N)=O)C(=O)N2CCC[C@H]2C(=O)N[C@@H](CN)C(=O)N[C@@H](CC(C)C)C(=O)N2C[C@H](Cc3ccc(F)cc3)C[C@H]2C(=O)N[C@@H](Cc2c[nH]c3ccccc23)C(=O)N[C@@H](CO)C(=O)N[C@@H](Cc2c[nH]c3ccccc23)C(=O)N1C. The summed E-state index contributed by atoms with van der Waals surface area (Å²) in [5.41, 5.74) is 26.8. The Hall–Kier alpha value is -13.1. The van der Waals surface area contributed by atoms with Gasteiger partial charge in [-0.3, -0.25) is 81.5 Å². The van der Waals surface area contributed by atoms with Crippen LogP contribution in [0.2, 0.25) is 0 Å². The van der Waals surface area contributed by atoms with Gasteiger partial charge >= 0.3 is 0 Å². The monoisotopic (exact) mass is 1910 g/mol. The number of primary amides is 2. The molecule has 0 bridgehead atoms. The van der Waals surface area contributed by atoms with E-state index in [1.807, 2.05) is 13.8 Å². The number of unbranched alkanes of at least 4 members (excludes halogenated alkanes) is 2. The quantitative estimate of drug-likeness (QED) is 0.0315. The minimum atomic E-state index is -1.88. The molecule has 738 valence electrons. The van der Waals surface area contributed by atoms with Crippen LogP contribution in [0, 0.1) is 17.7 Å². The van der Waals surface area contributed by atoms with Gasteiger partial charge in [0, 0.05) is 100.0 Å². The van der Waals surface area contributed by atoms with Crippen molar-refractivity contribution in [1.82, 2.24) is 87.6 Å². The zero-order valence-corrected chi connectivity index (χ0v) is 78.8. The number of phenolic OH excluding ortho intramolecular Hbond substituents is 1. The van der Waals surface area contributed by atoms with Crippen LogP contribution in [0.5, 0.6) is 5.75 Å². The maximum Gasteiger partial charge on any atom is 0.246 e. The van der Waals surface area contributed by atoms with E-state index in [9.17, 15) is 62.5 Å². The topological polar surface area (TPSA) is 603 Å². The first-order valence-electron chi connectivity index (χ1n) is 46.1. The highest BCUT2D eigenvalue weighted by Gasteiger charge is 2.47. The lowest BCUT2D eigenvalue weighted by Crippen LogP contribution is -2.62. The molecule has 5 heterocycles. The number of para-hydroxylation sites is 2. The lowest BCUT2D eigenvalue weighted by molar-refractivity contribution is -0.149. The number of hydrogen-bond acceptors (Lipinski definition) is 22. The van der Waals surface area contributed by atoms with Gasteiger partial charge in [0.2, 0.25) is 100 Å². The highest BCUT2D eigenvalue weighted by molar-refractivity contribution is 8.00. The Morgan fingerprint density at radius 3 is 1.64 bits per heavy atom. The predicted molar refractivity (Wildman–Crippen MR) is 503 cm³/mol. The van der Waals surface area contributed by atoms with E-state index in [1.165, 1.54) is 74.3 Å². The zero-order valence-electron chi connectivity index (χ0n) is 78.0. The molecule has 0 radical (unpaired) electrons. The molecule has 6 aromatic rings. The number of carbonyl (C=O) groups is 17. The van der Waals surface area contributed by atoms with Crippen molar-refractivity contribution in [2.45, 2.75) is 228 Å². The van der Waals surface area contributed by atoms with E-state index in [0.717, 1.165) is 26.5 Å². The first-order valence-corrected chi connectivity index (χ1v) is 47.2. The average Bonchev–Trinajstić information content (AvgIpc) is 1.71. The number of nitrogens with two attached hydrogens (primary N) is 4. The second kappa shape index (κ2) is 51.0. The van der Waals surface area contributed by atoms with E-state index >= 15 is 33.6 Å². The molecule has 0 spiro atoms. The van der Waals surface area contributed by atoms with Gasteiger partial charge in [-0.2, -0.15) is 0 Å².